The summed E-state index contributed by atoms with van der Waals surface area (Å²) in [6.07, 6.45) is 0. The maximum atomic E-state index is 13.0. The van der Waals surface area contributed by atoms with E-state index in [1.807, 2.05) is 43.3 Å². The minimum Gasteiger partial charge on any atom is -1.00 e. The van der Waals surface area contributed by atoms with E-state index in [2.05, 4.69) is 13.5 Å². The summed E-state index contributed by atoms with van der Waals surface area (Å²) in [5, 5.41) is 1.57. The van der Waals surface area contributed by atoms with Crippen LogP contribution in [0.2, 0.25) is 0 Å². The standard InChI is InChI=1S/C18H16N4O2S2.K.H/c1-22(2)17-7-3-6-14-13(17)5-4-8-18(14)26(23,24)21-12-9-10-15-16(11-12)20-25-19-15;;/h3-11,21H,1-2H3;;/q;+1;-1. The number of nitrogens with zero attached hydrogens (tertiary/aromatic N) is 3. The molecule has 0 atom stereocenters. The normalized spacial score (nSPS) is 11.3. The van der Waals surface area contributed by atoms with E-state index in [0.29, 0.717) is 16.6 Å². The molecule has 0 fully saturated rings. The van der Waals surface area contributed by atoms with Crippen molar-refractivity contribution in [2.75, 3.05) is 23.7 Å². The van der Waals surface area contributed by atoms with E-state index in [-0.39, 0.29) is 57.7 Å². The van der Waals surface area contributed by atoms with Gasteiger partial charge in [0.25, 0.3) is 10.0 Å². The molecule has 6 nitrogen and oxygen atoms in total. The van der Waals surface area contributed by atoms with Crippen molar-refractivity contribution in [3.05, 3.63) is 54.6 Å². The Kier molecular flexibility index (Phi) is 6.21. The van der Waals surface area contributed by atoms with Gasteiger partial charge >= 0.3 is 51.4 Å². The SMILES string of the molecule is CN(C)c1cccc2c(S(=O)(=O)Nc3ccc4nsnc4c3)cccc12.[H-].[K+]. The molecular weight excluding hydrogens is 407 g/mol. The predicted octanol–water partition coefficient (Wildman–Crippen LogP) is 0.828. The molecule has 9 heteroatoms. The Morgan fingerprint density at radius 3 is 2.44 bits per heavy atom. The molecular formula is C18H17KN4O2S2. The van der Waals surface area contributed by atoms with Gasteiger partial charge in [0.2, 0.25) is 0 Å². The van der Waals surface area contributed by atoms with Crippen molar-refractivity contribution in [1.29, 1.82) is 0 Å². The average Bonchev–Trinajstić information content (AvgIpc) is 3.08. The molecule has 0 aliphatic rings. The van der Waals surface area contributed by atoms with E-state index in [9.17, 15) is 8.42 Å². The smallest absolute Gasteiger partial charge is 1.00 e. The molecule has 0 aliphatic carbocycles. The van der Waals surface area contributed by atoms with Gasteiger partial charge in [0.15, 0.2) is 0 Å². The average molecular weight is 425 g/mol. The summed E-state index contributed by atoms with van der Waals surface area (Å²) < 4.78 is 37.0. The Morgan fingerprint density at radius 1 is 0.963 bits per heavy atom. The minimum atomic E-state index is -3.75. The third kappa shape index (κ3) is 4.04. The maximum Gasteiger partial charge on any atom is 1.00 e. The van der Waals surface area contributed by atoms with Crippen molar-refractivity contribution >= 4 is 54.9 Å². The molecule has 0 aliphatic heterocycles. The number of sulfonamides is 1. The van der Waals surface area contributed by atoms with Gasteiger partial charge in [-0.25, -0.2) is 8.42 Å². The topological polar surface area (TPSA) is 75.2 Å². The van der Waals surface area contributed by atoms with Crippen molar-refractivity contribution in [3.8, 4) is 0 Å². The van der Waals surface area contributed by atoms with Gasteiger partial charge < -0.3 is 6.33 Å². The van der Waals surface area contributed by atoms with Crippen molar-refractivity contribution in [2.24, 2.45) is 0 Å². The van der Waals surface area contributed by atoms with Crippen LogP contribution < -0.4 is 61.0 Å². The molecule has 0 saturated carbocycles. The molecule has 1 heterocycles. The first-order valence-corrected chi connectivity index (χ1v) is 10.1. The number of hydrogen-bond donors (Lipinski definition) is 1. The third-order valence-electron chi connectivity index (χ3n) is 4.14. The van der Waals surface area contributed by atoms with Gasteiger partial charge in [-0.1, -0.05) is 24.3 Å². The van der Waals surface area contributed by atoms with E-state index < -0.39 is 10.0 Å². The zero-order chi connectivity index (χ0) is 18.3. The molecule has 0 radical (unpaired) electrons. The van der Waals surface area contributed by atoms with Crippen molar-refractivity contribution < 1.29 is 61.2 Å². The van der Waals surface area contributed by atoms with Gasteiger partial charge in [-0.05, 0) is 30.3 Å². The molecule has 1 N–H and O–H groups in total. The Bertz CT molecular complexity index is 1230. The van der Waals surface area contributed by atoms with Crippen LogP contribution in [-0.4, -0.2) is 31.3 Å². The molecule has 4 rings (SSSR count). The Hall–Kier alpha value is -1.07. The summed E-state index contributed by atoms with van der Waals surface area (Å²) in [7, 11) is 0.124. The van der Waals surface area contributed by atoms with Crippen LogP contribution >= 0.6 is 11.7 Å². The molecule has 0 unspecified atom stereocenters. The second-order valence-electron chi connectivity index (χ2n) is 6.10. The summed E-state index contributed by atoms with van der Waals surface area (Å²) in [6.45, 7) is 0. The van der Waals surface area contributed by atoms with Gasteiger partial charge in [0, 0.05) is 30.6 Å². The Morgan fingerprint density at radius 2 is 1.67 bits per heavy atom. The second-order valence-corrected chi connectivity index (χ2v) is 8.28. The van der Waals surface area contributed by atoms with Gasteiger partial charge in [-0.15, -0.1) is 0 Å². The van der Waals surface area contributed by atoms with E-state index >= 15 is 0 Å². The zero-order valence-corrected chi connectivity index (χ0v) is 19.9. The van der Waals surface area contributed by atoms with Crippen LogP contribution in [0.15, 0.2) is 59.5 Å². The number of nitrogens with one attached hydrogen (secondary N) is 1. The molecule has 0 bridgehead atoms. The van der Waals surface area contributed by atoms with Gasteiger partial charge in [-0.3, -0.25) is 4.72 Å². The number of aromatic nitrogens is 2. The number of anilines is 2. The summed E-state index contributed by atoms with van der Waals surface area (Å²) in [4.78, 5) is 2.21. The molecule has 0 saturated heterocycles. The van der Waals surface area contributed by atoms with Crippen molar-refractivity contribution in [1.82, 2.24) is 8.75 Å². The third-order valence-corrected chi connectivity index (χ3v) is 6.13. The molecule has 134 valence electrons. The first kappa shape index (κ1) is 20.7. The number of benzene rings is 3. The van der Waals surface area contributed by atoms with E-state index in [1.165, 1.54) is 0 Å². The van der Waals surface area contributed by atoms with Crippen molar-refractivity contribution in [2.45, 2.75) is 4.90 Å². The first-order valence-electron chi connectivity index (χ1n) is 7.90. The fraction of sp³-hybridized carbons (Fsp3) is 0.111. The van der Waals surface area contributed by atoms with Crippen LogP contribution in [0.5, 0.6) is 0 Å². The zero-order valence-electron chi connectivity index (χ0n) is 16.2. The van der Waals surface area contributed by atoms with Crippen LogP contribution in [-0.2, 0) is 10.0 Å². The molecule has 0 amide bonds. The Labute approximate surface area is 205 Å². The summed E-state index contributed by atoms with van der Waals surface area (Å²) in [5.74, 6) is 0. The second kappa shape index (κ2) is 8.12. The van der Waals surface area contributed by atoms with Gasteiger partial charge in [0.1, 0.15) is 11.0 Å². The van der Waals surface area contributed by atoms with E-state index in [4.69, 9.17) is 0 Å². The molecule has 27 heavy (non-hydrogen) atoms. The fourth-order valence-electron chi connectivity index (χ4n) is 2.94. The predicted molar refractivity (Wildman–Crippen MR) is 108 cm³/mol. The summed E-state index contributed by atoms with van der Waals surface area (Å²) >= 11 is 1.10. The fourth-order valence-corrected chi connectivity index (χ4v) is 4.73. The Balaban J connectivity index is 0.00000140. The number of hydrogen-bond acceptors (Lipinski definition) is 6. The molecule has 3 aromatic carbocycles. The van der Waals surface area contributed by atoms with Crippen LogP contribution in [0.4, 0.5) is 11.4 Å². The largest absolute Gasteiger partial charge is 1.00 e. The minimum absolute atomic E-state index is 0. The van der Waals surface area contributed by atoms with Crippen LogP contribution in [0.3, 0.4) is 0 Å². The monoisotopic (exact) mass is 424 g/mol. The van der Waals surface area contributed by atoms with Crippen LogP contribution in [0, 0.1) is 0 Å². The molecule has 0 spiro atoms. The van der Waals surface area contributed by atoms with Gasteiger partial charge in [0.05, 0.1) is 22.3 Å². The summed E-state index contributed by atoms with van der Waals surface area (Å²) in [5.41, 5.74) is 2.85. The van der Waals surface area contributed by atoms with Crippen LogP contribution in [0.1, 0.15) is 1.43 Å². The van der Waals surface area contributed by atoms with Crippen molar-refractivity contribution in [3.63, 3.8) is 0 Å². The number of rotatable bonds is 4. The van der Waals surface area contributed by atoms with Crippen LogP contribution in [0.25, 0.3) is 21.8 Å². The molecule has 4 aromatic rings. The first-order chi connectivity index (χ1) is 12.5. The maximum absolute atomic E-state index is 13.0. The quantitative estimate of drug-likeness (QED) is 0.491. The number of fused-ring (bicyclic) bond motifs is 2. The van der Waals surface area contributed by atoms with E-state index in [0.717, 1.165) is 28.3 Å². The van der Waals surface area contributed by atoms with E-state index in [1.54, 1.807) is 30.3 Å². The molecule has 1 aromatic heterocycles. The summed E-state index contributed by atoms with van der Waals surface area (Å²) in [6, 6.07) is 16.1. The van der Waals surface area contributed by atoms with Gasteiger partial charge in [-0.2, -0.15) is 8.75 Å².